The molecule has 2 amide bonds. The number of hydrogen-bond donors (Lipinski definition) is 2. The number of anilines is 3. The van der Waals surface area contributed by atoms with Crippen LogP contribution < -0.4 is 16.0 Å². The first kappa shape index (κ1) is 18.7. The van der Waals surface area contributed by atoms with Crippen molar-refractivity contribution in [1.82, 2.24) is 0 Å². The van der Waals surface area contributed by atoms with Crippen molar-refractivity contribution in [3.8, 4) is 0 Å². The predicted molar refractivity (Wildman–Crippen MR) is 116 cm³/mol. The summed E-state index contributed by atoms with van der Waals surface area (Å²) >= 11 is 0. The molecule has 5 nitrogen and oxygen atoms in total. The smallest absolute Gasteiger partial charge is 0.266 e. The van der Waals surface area contributed by atoms with E-state index in [1.54, 1.807) is 12.1 Å². The van der Waals surface area contributed by atoms with E-state index < -0.39 is 0 Å². The Bertz CT molecular complexity index is 1070. The van der Waals surface area contributed by atoms with Crippen LogP contribution >= 0.6 is 0 Å². The van der Waals surface area contributed by atoms with Gasteiger partial charge in [-0.25, -0.2) is 4.90 Å². The van der Waals surface area contributed by atoms with Gasteiger partial charge in [0.25, 0.3) is 11.8 Å². The number of amides is 2. The molecule has 0 unspecified atom stereocenters. The summed E-state index contributed by atoms with van der Waals surface area (Å²) in [6, 6.07) is 20.5. The minimum Gasteiger partial charge on any atom is -0.399 e. The number of nitrogens with two attached hydrogens (primary N) is 1. The quantitative estimate of drug-likeness (QED) is 0.488. The molecule has 3 aromatic rings. The monoisotopic (exact) mass is 385 g/mol. The summed E-state index contributed by atoms with van der Waals surface area (Å²) < 4.78 is 0. The average Bonchev–Trinajstić information content (AvgIpc) is 2.97. The van der Waals surface area contributed by atoms with E-state index in [0.717, 1.165) is 16.9 Å². The van der Waals surface area contributed by atoms with Crippen LogP contribution in [0.1, 0.15) is 51.6 Å². The lowest BCUT2D eigenvalue weighted by molar-refractivity contribution is 0.0926. The Kier molecular flexibility index (Phi) is 4.80. The molecule has 0 aliphatic carbocycles. The van der Waals surface area contributed by atoms with E-state index >= 15 is 0 Å². The number of nitrogens with zero attached hydrogens (tertiary/aromatic N) is 1. The van der Waals surface area contributed by atoms with E-state index in [0.29, 0.717) is 29.3 Å². The topological polar surface area (TPSA) is 75.4 Å². The third-order valence-electron chi connectivity index (χ3n) is 5.18. The Balaban J connectivity index is 1.55. The molecule has 0 saturated heterocycles. The maximum absolute atomic E-state index is 13.0. The van der Waals surface area contributed by atoms with E-state index in [1.807, 2.05) is 54.6 Å². The first-order chi connectivity index (χ1) is 13.9. The summed E-state index contributed by atoms with van der Waals surface area (Å²) in [7, 11) is 0. The van der Waals surface area contributed by atoms with Gasteiger partial charge in [0, 0.05) is 17.9 Å². The number of hydrogen-bond acceptors (Lipinski definition) is 4. The molecule has 5 heteroatoms. The van der Waals surface area contributed by atoms with Crippen LogP contribution in [0.15, 0.2) is 66.7 Å². The van der Waals surface area contributed by atoms with Gasteiger partial charge in [0.2, 0.25) is 0 Å². The number of carbonyl (C=O) groups is 2. The lowest BCUT2D eigenvalue weighted by Gasteiger charge is -2.15. The molecule has 0 bridgehead atoms. The Morgan fingerprint density at radius 1 is 0.862 bits per heavy atom. The molecule has 1 heterocycles. The summed E-state index contributed by atoms with van der Waals surface area (Å²) in [6.07, 6.45) is 0. The van der Waals surface area contributed by atoms with Gasteiger partial charge in [-0.15, -0.1) is 0 Å². The first-order valence-corrected chi connectivity index (χ1v) is 9.65. The van der Waals surface area contributed by atoms with Crippen LogP contribution in [0.5, 0.6) is 0 Å². The van der Waals surface area contributed by atoms with Gasteiger partial charge < -0.3 is 11.1 Å². The molecule has 0 atom stereocenters. The highest BCUT2D eigenvalue weighted by molar-refractivity contribution is 6.34. The molecule has 146 valence electrons. The Morgan fingerprint density at radius 2 is 1.52 bits per heavy atom. The van der Waals surface area contributed by atoms with Crippen LogP contribution in [-0.2, 0) is 6.54 Å². The average molecular weight is 385 g/mol. The lowest BCUT2D eigenvalue weighted by atomic mass is 10.0. The van der Waals surface area contributed by atoms with Gasteiger partial charge in [-0.05, 0) is 59.5 Å². The molecule has 0 spiro atoms. The largest absolute Gasteiger partial charge is 0.399 e. The minimum absolute atomic E-state index is 0.285. The third-order valence-corrected chi connectivity index (χ3v) is 5.18. The van der Waals surface area contributed by atoms with Gasteiger partial charge in [-0.3, -0.25) is 9.59 Å². The standard InChI is InChI=1S/C24H23N3O2/c1-15(2)17-5-10-20(11-6-17)27-23(28)21-12-9-19(13-22(21)24(27)29)26-14-16-3-7-18(25)8-4-16/h3-13,15,26H,14,25H2,1-2H3. The van der Waals surface area contributed by atoms with Crippen molar-refractivity contribution < 1.29 is 9.59 Å². The number of imide groups is 1. The maximum atomic E-state index is 13.0. The zero-order chi connectivity index (χ0) is 20.5. The molecule has 0 fully saturated rings. The molecular formula is C24H23N3O2. The number of nitrogen functional groups attached to an aromatic ring is 1. The number of nitrogens with one attached hydrogen (secondary N) is 1. The number of fused-ring (bicyclic) bond motifs is 1. The van der Waals surface area contributed by atoms with E-state index in [1.165, 1.54) is 10.5 Å². The van der Waals surface area contributed by atoms with E-state index in [-0.39, 0.29) is 11.8 Å². The van der Waals surface area contributed by atoms with Gasteiger partial charge in [0.15, 0.2) is 0 Å². The second-order valence-corrected chi connectivity index (χ2v) is 7.55. The molecule has 0 aromatic heterocycles. The summed E-state index contributed by atoms with van der Waals surface area (Å²) in [6.45, 7) is 4.81. The predicted octanol–water partition coefficient (Wildman–Crippen LogP) is 4.80. The Labute approximate surface area is 170 Å². The van der Waals surface area contributed by atoms with Gasteiger partial charge in [0.05, 0.1) is 16.8 Å². The van der Waals surface area contributed by atoms with Gasteiger partial charge >= 0.3 is 0 Å². The van der Waals surface area contributed by atoms with E-state index in [4.69, 9.17) is 5.73 Å². The molecule has 0 radical (unpaired) electrons. The van der Waals surface area contributed by atoms with Crippen molar-refractivity contribution in [2.75, 3.05) is 16.0 Å². The second kappa shape index (κ2) is 7.43. The highest BCUT2D eigenvalue weighted by atomic mass is 16.2. The van der Waals surface area contributed by atoms with Gasteiger partial charge in [-0.2, -0.15) is 0 Å². The maximum Gasteiger partial charge on any atom is 0.266 e. The number of rotatable bonds is 5. The van der Waals surface area contributed by atoms with Crippen molar-refractivity contribution in [2.45, 2.75) is 26.3 Å². The van der Waals surface area contributed by atoms with Crippen LogP contribution in [0.3, 0.4) is 0 Å². The molecule has 29 heavy (non-hydrogen) atoms. The zero-order valence-electron chi connectivity index (χ0n) is 16.5. The van der Waals surface area contributed by atoms with E-state index in [9.17, 15) is 9.59 Å². The molecule has 0 saturated carbocycles. The van der Waals surface area contributed by atoms with Crippen LogP contribution in [0.4, 0.5) is 17.1 Å². The van der Waals surface area contributed by atoms with Gasteiger partial charge in [0.1, 0.15) is 0 Å². The Hall–Kier alpha value is -3.60. The Morgan fingerprint density at radius 3 is 2.17 bits per heavy atom. The SMILES string of the molecule is CC(C)c1ccc(N2C(=O)c3ccc(NCc4ccc(N)cc4)cc3C2=O)cc1. The summed E-state index contributed by atoms with van der Waals surface area (Å²) in [5.74, 6) is -0.188. The van der Waals surface area contributed by atoms with Crippen LogP contribution in [0.25, 0.3) is 0 Å². The highest BCUT2D eigenvalue weighted by Crippen LogP contribution is 2.31. The van der Waals surface area contributed by atoms with Crippen molar-refractivity contribution in [2.24, 2.45) is 0 Å². The fourth-order valence-corrected chi connectivity index (χ4v) is 3.43. The third kappa shape index (κ3) is 3.59. The van der Waals surface area contributed by atoms with E-state index in [2.05, 4.69) is 19.2 Å². The molecule has 3 N–H and O–H groups in total. The molecule has 1 aliphatic heterocycles. The highest BCUT2D eigenvalue weighted by Gasteiger charge is 2.36. The van der Waals surface area contributed by atoms with Crippen LogP contribution in [-0.4, -0.2) is 11.8 Å². The summed E-state index contributed by atoms with van der Waals surface area (Å²) in [5, 5.41) is 3.30. The van der Waals surface area contributed by atoms with Gasteiger partial charge in [-0.1, -0.05) is 38.1 Å². The lowest BCUT2D eigenvalue weighted by Crippen LogP contribution is -2.29. The molecule has 3 aromatic carbocycles. The van der Waals surface area contributed by atoms with Crippen molar-refractivity contribution in [3.05, 3.63) is 89.0 Å². The molecule has 4 rings (SSSR count). The van der Waals surface area contributed by atoms with Crippen molar-refractivity contribution in [1.29, 1.82) is 0 Å². The van der Waals surface area contributed by atoms with Crippen LogP contribution in [0.2, 0.25) is 0 Å². The molecule has 1 aliphatic rings. The van der Waals surface area contributed by atoms with Crippen LogP contribution in [0, 0.1) is 0 Å². The number of benzene rings is 3. The summed E-state index contributed by atoms with van der Waals surface area (Å²) in [4.78, 5) is 27.0. The molecular weight excluding hydrogens is 362 g/mol. The fraction of sp³-hybridized carbons (Fsp3) is 0.167. The van der Waals surface area contributed by atoms with Crippen molar-refractivity contribution >= 4 is 28.9 Å². The fourth-order valence-electron chi connectivity index (χ4n) is 3.43. The summed E-state index contributed by atoms with van der Waals surface area (Å²) in [5.41, 5.74) is 10.9. The minimum atomic E-state index is -0.293. The van der Waals surface area contributed by atoms with Crippen molar-refractivity contribution in [3.63, 3.8) is 0 Å². The normalized spacial score (nSPS) is 13.1. The first-order valence-electron chi connectivity index (χ1n) is 9.65. The number of carbonyl (C=O) groups excluding carboxylic acids is 2. The second-order valence-electron chi connectivity index (χ2n) is 7.55. The zero-order valence-corrected chi connectivity index (χ0v) is 16.5.